The van der Waals surface area contributed by atoms with Gasteiger partial charge in [0.05, 0.1) is 5.69 Å². The Labute approximate surface area is 274 Å². The van der Waals surface area contributed by atoms with Gasteiger partial charge in [-0.3, -0.25) is 9.97 Å². The van der Waals surface area contributed by atoms with Gasteiger partial charge in [0.1, 0.15) is 0 Å². The fourth-order valence-electron chi connectivity index (χ4n) is 7.67. The van der Waals surface area contributed by atoms with Crippen LogP contribution in [0.15, 0.2) is 152 Å². The number of hydrogen-bond donors (Lipinski definition) is 0. The third kappa shape index (κ3) is 4.64. The second-order valence-corrected chi connectivity index (χ2v) is 12.6. The molecule has 0 N–H and O–H groups in total. The lowest BCUT2D eigenvalue weighted by Crippen LogP contribution is -2.08. The van der Waals surface area contributed by atoms with Gasteiger partial charge in [-0.15, -0.1) is 0 Å². The molecule has 222 valence electrons. The summed E-state index contributed by atoms with van der Waals surface area (Å²) in [5.41, 5.74) is 12.2. The first-order valence-electron chi connectivity index (χ1n) is 16.3. The third-order valence-corrected chi connectivity index (χ3v) is 9.79. The SMILES string of the molecule is Cc1ccc2c(c1)C=CC(c1c3ccccc3c(-c3cccc4c(-c5cncc(-c6ccccn6)c5)cccc34)c3ccccc13)C2. The van der Waals surface area contributed by atoms with Crippen LogP contribution >= 0.6 is 0 Å². The largest absolute Gasteiger partial charge is 0.263 e. The van der Waals surface area contributed by atoms with E-state index in [2.05, 4.69) is 138 Å². The Hall–Kier alpha value is -5.86. The molecule has 2 heteroatoms. The predicted octanol–water partition coefficient (Wildman–Crippen LogP) is 11.6. The quantitative estimate of drug-likeness (QED) is 0.188. The van der Waals surface area contributed by atoms with Crippen LogP contribution in [0.2, 0.25) is 0 Å². The average molecular weight is 601 g/mol. The number of allylic oxidation sites excluding steroid dienone is 1. The van der Waals surface area contributed by atoms with Crippen LogP contribution in [0.5, 0.6) is 0 Å². The lowest BCUT2D eigenvalue weighted by atomic mass is 9.78. The third-order valence-electron chi connectivity index (χ3n) is 9.79. The van der Waals surface area contributed by atoms with E-state index in [4.69, 9.17) is 0 Å². The molecular weight excluding hydrogens is 569 g/mol. The summed E-state index contributed by atoms with van der Waals surface area (Å²) in [6, 6.07) is 46.5. The van der Waals surface area contributed by atoms with Crippen LogP contribution in [0, 0.1) is 6.92 Å². The van der Waals surface area contributed by atoms with Crippen molar-refractivity contribution in [3.63, 3.8) is 0 Å². The van der Waals surface area contributed by atoms with E-state index in [1.165, 1.54) is 71.3 Å². The highest BCUT2D eigenvalue weighted by Gasteiger charge is 2.23. The van der Waals surface area contributed by atoms with Crippen LogP contribution in [-0.2, 0) is 6.42 Å². The van der Waals surface area contributed by atoms with Crippen LogP contribution in [0.1, 0.15) is 28.2 Å². The molecule has 2 heterocycles. The summed E-state index contributed by atoms with van der Waals surface area (Å²) in [6.07, 6.45) is 11.4. The highest BCUT2D eigenvalue weighted by molar-refractivity contribution is 6.19. The molecule has 0 amide bonds. The summed E-state index contributed by atoms with van der Waals surface area (Å²) in [7, 11) is 0. The summed E-state index contributed by atoms with van der Waals surface area (Å²) < 4.78 is 0. The number of nitrogens with zero attached hydrogens (tertiary/aromatic N) is 2. The number of aromatic nitrogens is 2. The van der Waals surface area contributed by atoms with Crippen LogP contribution < -0.4 is 0 Å². The molecule has 1 unspecified atom stereocenters. The van der Waals surface area contributed by atoms with Gasteiger partial charge in [0.2, 0.25) is 0 Å². The number of benzene rings is 6. The predicted molar refractivity (Wildman–Crippen MR) is 198 cm³/mol. The lowest BCUT2D eigenvalue weighted by Gasteiger charge is -2.25. The summed E-state index contributed by atoms with van der Waals surface area (Å²) in [5.74, 6) is 0.298. The lowest BCUT2D eigenvalue weighted by molar-refractivity contribution is 0.840. The minimum Gasteiger partial charge on any atom is -0.263 e. The molecule has 2 nitrogen and oxygen atoms in total. The Morgan fingerprint density at radius 1 is 0.574 bits per heavy atom. The zero-order valence-electron chi connectivity index (χ0n) is 26.2. The number of aryl methyl sites for hydroxylation is 1. The van der Waals surface area contributed by atoms with Crippen molar-refractivity contribution in [1.82, 2.24) is 9.97 Å². The minimum absolute atomic E-state index is 0.298. The van der Waals surface area contributed by atoms with Crippen LogP contribution in [0.4, 0.5) is 0 Å². The standard InChI is InChI=1S/C45H32N2/c1-29-19-20-31-25-32(22-21-30(31)24-29)44-39-10-2-4-12-41(39)45(42-13-5-3-11-40(42)44)38-17-9-15-36-35(14-8-16-37(36)38)33-26-34(28-46-27-33)43-18-6-7-23-47-43/h2-24,26-28,32H,25H2,1H3. The highest BCUT2D eigenvalue weighted by Crippen LogP contribution is 2.46. The van der Waals surface area contributed by atoms with E-state index in [1.807, 2.05) is 36.8 Å². The van der Waals surface area contributed by atoms with E-state index in [-0.39, 0.29) is 0 Å². The molecule has 6 aromatic carbocycles. The van der Waals surface area contributed by atoms with Gasteiger partial charge < -0.3 is 0 Å². The number of hydrogen-bond acceptors (Lipinski definition) is 2. The van der Waals surface area contributed by atoms with Gasteiger partial charge in [0.25, 0.3) is 0 Å². The van der Waals surface area contributed by atoms with Crippen LogP contribution in [-0.4, -0.2) is 9.97 Å². The summed E-state index contributed by atoms with van der Waals surface area (Å²) in [6.45, 7) is 2.17. The summed E-state index contributed by atoms with van der Waals surface area (Å²) >= 11 is 0. The molecule has 0 fully saturated rings. The van der Waals surface area contributed by atoms with Crippen molar-refractivity contribution in [3.8, 4) is 33.5 Å². The molecule has 1 aliphatic rings. The van der Waals surface area contributed by atoms with E-state index < -0.39 is 0 Å². The fourth-order valence-corrected chi connectivity index (χ4v) is 7.67. The highest BCUT2D eigenvalue weighted by atomic mass is 14.7. The van der Waals surface area contributed by atoms with E-state index >= 15 is 0 Å². The van der Waals surface area contributed by atoms with Crippen molar-refractivity contribution in [2.45, 2.75) is 19.3 Å². The number of pyridine rings is 2. The summed E-state index contributed by atoms with van der Waals surface area (Å²) in [5, 5.41) is 7.68. The first kappa shape index (κ1) is 27.5. The van der Waals surface area contributed by atoms with E-state index in [0.29, 0.717) is 5.92 Å². The molecule has 1 atom stereocenters. The van der Waals surface area contributed by atoms with E-state index in [9.17, 15) is 0 Å². The molecule has 0 saturated heterocycles. The molecule has 8 aromatic rings. The maximum Gasteiger partial charge on any atom is 0.0717 e. The fraction of sp³-hybridized carbons (Fsp3) is 0.0667. The van der Waals surface area contributed by atoms with E-state index in [0.717, 1.165) is 23.2 Å². The minimum atomic E-state index is 0.298. The van der Waals surface area contributed by atoms with Crippen molar-refractivity contribution < 1.29 is 0 Å². The molecule has 0 bridgehead atoms. The molecule has 1 aliphatic carbocycles. The number of rotatable bonds is 4. The Morgan fingerprint density at radius 2 is 1.23 bits per heavy atom. The van der Waals surface area contributed by atoms with Crippen molar-refractivity contribution in [2.24, 2.45) is 0 Å². The van der Waals surface area contributed by atoms with Gasteiger partial charge in [-0.25, -0.2) is 0 Å². The van der Waals surface area contributed by atoms with Gasteiger partial charge in [0.15, 0.2) is 0 Å². The average Bonchev–Trinajstić information content (AvgIpc) is 3.13. The van der Waals surface area contributed by atoms with Crippen molar-refractivity contribution >= 4 is 38.4 Å². The molecule has 0 aliphatic heterocycles. The van der Waals surface area contributed by atoms with Gasteiger partial charge >= 0.3 is 0 Å². The topological polar surface area (TPSA) is 25.8 Å². The molecule has 0 radical (unpaired) electrons. The smallest absolute Gasteiger partial charge is 0.0717 e. The van der Waals surface area contributed by atoms with Crippen molar-refractivity contribution in [3.05, 3.63) is 174 Å². The van der Waals surface area contributed by atoms with Gasteiger partial charge in [0, 0.05) is 35.6 Å². The van der Waals surface area contributed by atoms with Gasteiger partial charge in [-0.2, -0.15) is 0 Å². The molecule has 2 aromatic heterocycles. The second-order valence-electron chi connectivity index (χ2n) is 12.6. The Kier molecular flexibility index (Phi) is 6.53. The molecule has 47 heavy (non-hydrogen) atoms. The molecular formula is C45H32N2. The van der Waals surface area contributed by atoms with Crippen molar-refractivity contribution in [1.29, 1.82) is 0 Å². The summed E-state index contributed by atoms with van der Waals surface area (Å²) in [4.78, 5) is 9.20. The van der Waals surface area contributed by atoms with Gasteiger partial charge in [-0.05, 0) is 97.2 Å². The zero-order chi connectivity index (χ0) is 31.3. The molecule has 0 spiro atoms. The Balaban J connectivity index is 1.26. The molecule has 9 rings (SSSR count). The monoisotopic (exact) mass is 600 g/mol. The zero-order valence-corrected chi connectivity index (χ0v) is 26.2. The van der Waals surface area contributed by atoms with Crippen LogP contribution in [0.25, 0.3) is 71.9 Å². The first-order valence-corrected chi connectivity index (χ1v) is 16.3. The molecule has 0 saturated carbocycles. The number of fused-ring (bicyclic) bond motifs is 4. The Morgan fingerprint density at radius 3 is 1.98 bits per heavy atom. The maximum absolute atomic E-state index is 4.63. The normalized spacial score (nSPS) is 14.1. The van der Waals surface area contributed by atoms with Gasteiger partial charge in [-0.1, -0.05) is 127 Å². The van der Waals surface area contributed by atoms with Crippen molar-refractivity contribution in [2.75, 3.05) is 0 Å². The first-order chi connectivity index (χ1) is 23.2. The Bertz CT molecular complexity index is 2450. The van der Waals surface area contributed by atoms with E-state index in [1.54, 1.807) is 0 Å². The maximum atomic E-state index is 4.63. The second kappa shape index (κ2) is 11.2. The van der Waals surface area contributed by atoms with Crippen LogP contribution in [0.3, 0.4) is 0 Å².